The van der Waals surface area contributed by atoms with Gasteiger partial charge >= 0.3 is 0 Å². The molecule has 0 radical (unpaired) electrons. The summed E-state index contributed by atoms with van der Waals surface area (Å²) in [7, 11) is 0. The summed E-state index contributed by atoms with van der Waals surface area (Å²) in [6.07, 6.45) is 7.53. The third-order valence-corrected chi connectivity index (χ3v) is 6.87. The van der Waals surface area contributed by atoms with Gasteiger partial charge in [-0.25, -0.2) is 4.68 Å². The first-order chi connectivity index (χ1) is 18.7. The van der Waals surface area contributed by atoms with Gasteiger partial charge in [-0.2, -0.15) is 14.6 Å². The number of hydrogen-bond acceptors (Lipinski definition) is 6. The number of hydrogen-bond donors (Lipinski definition) is 0. The average Bonchev–Trinajstić information content (AvgIpc) is 3.64. The first-order valence-corrected chi connectivity index (χ1v) is 13.0. The van der Waals surface area contributed by atoms with Crippen molar-refractivity contribution in [2.45, 2.75) is 6.92 Å². The van der Waals surface area contributed by atoms with E-state index < -0.39 is 0 Å². The Morgan fingerprint density at radius 3 is 2.34 bits per heavy atom. The van der Waals surface area contributed by atoms with Gasteiger partial charge in [0, 0.05) is 17.3 Å². The highest BCUT2D eigenvalue weighted by molar-refractivity contribution is 7.15. The summed E-state index contributed by atoms with van der Waals surface area (Å²) in [6, 6.07) is 27.6. The third-order valence-electron chi connectivity index (χ3n) is 5.91. The maximum atomic E-state index is 13.2. The fourth-order valence-corrected chi connectivity index (χ4v) is 5.01. The van der Waals surface area contributed by atoms with E-state index in [1.54, 1.807) is 6.08 Å². The Balaban J connectivity index is 1.35. The molecule has 0 aliphatic heterocycles. The highest BCUT2D eigenvalue weighted by atomic mass is 32.1. The zero-order valence-corrected chi connectivity index (χ0v) is 21.4. The first kappa shape index (κ1) is 23.6. The molecule has 3 heterocycles. The quantitative estimate of drug-likeness (QED) is 0.294. The van der Waals surface area contributed by atoms with Crippen molar-refractivity contribution in [1.82, 2.24) is 24.4 Å². The molecule has 0 unspecified atom stereocenters. The lowest BCUT2D eigenvalue weighted by Gasteiger charge is -2.01. The van der Waals surface area contributed by atoms with Gasteiger partial charge in [-0.15, -0.1) is 5.10 Å². The van der Waals surface area contributed by atoms with Crippen LogP contribution in [0.4, 0.5) is 0 Å². The fourth-order valence-electron chi connectivity index (χ4n) is 4.10. The van der Waals surface area contributed by atoms with Crippen LogP contribution in [0.1, 0.15) is 23.9 Å². The van der Waals surface area contributed by atoms with Gasteiger partial charge in [-0.1, -0.05) is 78.1 Å². The molecule has 8 heteroatoms. The van der Waals surface area contributed by atoms with E-state index in [1.165, 1.54) is 15.9 Å². The number of ether oxygens (including phenoxy) is 1. The number of thiazole rings is 1. The van der Waals surface area contributed by atoms with E-state index in [2.05, 4.69) is 10.1 Å². The number of fused-ring (bicyclic) bond motifs is 1. The molecule has 0 atom stereocenters. The average molecular weight is 518 g/mol. The lowest BCUT2D eigenvalue weighted by Crippen LogP contribution is -2.23. The van der Waals surface area contributed by atoms with E-state index in [4.69, 9.17) is 9.84 Å². The summed E-state index contributed by atoms with van der Waals surface area (Å²) in [5.74, 6) is 1.31. The highest BCUT2D eigenvalue weighted by Crippen LogP contribution is 2.24. The molecule has 3 aromatic carbocycles. The van der Waals surface area contributed by atoms with Crippen LogP contribution in [0.5, 0.6) is 5.75 Å². The van der Waals surface area contributed by atoms with Crippen molar-refractivity contribution in [1.29, 1.82) is 0 Å². The van der Waals surface area contributed by atoms with Gasteiger partial charge in [-0.05, 0) is 48.9 Å². The van der Waals surface area contributed by atoms with Crippen molar-refractivity contribution in [3.05, 3.63) is 123 Å². The molecule has 0 aliphatic rings. The lowest BCUT2D eigenvalue weighted by atomic mass is 10.1. The molecule has 38 heavy (non-hydrogen) atoms. The predicted octanol–water partition coefficient (Wildman–Crippen LogP) is 5.12. The summed E-state index contributed by atoms with van der Waals surface area (Å²) >= 11 is 1.31. The maximum Gasteiger partial charge on any atom is 0.291 e. The third kappa shape index (κ3) is 4.77. The Morgan fingerprint density at radius 2 is 1.63 bits per heavy atom. The Bertz CT molecular complexity index is 1840. The number of rotatable bonds is 7. The van der Waals surface area contributed by atoms with Crippen LogP contribution in [-0.4, -0.2) is 31.0 Å². The number of benzene rings is 3. The molecule has 0 aliphatic carbocycles. The topological polar surface area (TPSA) is 74.3 Å². The molecule has 186 valence electrons. The SMILES string of the molecule is CCOc1ccc(/C=C/c2nc3s/c(=C\c4cn(-c5ccccc5)nc4-c4ccccc4)c(=O)n3n2)cc1. The zero-order chi connectivity index (χ0) is 25.9. The second-order valence-electron chi connectivity index (χ2n) is 8.49. The van der Waals surface area contributed by atoms with E-state index in [-0.39, 0.29) is 5.56 Å². The molecule has 6 rings (SSSR count). The number of nitrogens with zero attached hydrogens (tertiary/aromatic N) is 5. The normalized spacial score (nSPS) is 12.1. The minimum Gasteiger partial charge on any atom is -0.494 e. The van der Waals surface area contributed by atoms with Crippen molar-refractivity contribution in [3.8, 4) is 22.7 Å². The number of para-hydroxylation sites is 1. The zero-order valence-electron chi connectivity index (χ0n) is 20.6. The molecule has 7 nitrogen and oxygen atoms in total. The molecule has 0 saturated carbocycles. The van der Waals surface area contributed by atoms with Gasteiger partial charge in [0.2, 0.25) is 4.96 Å². The number of aromatic nitrogens is 5. The van der Waals surface area contributed by atoms with E-state index in [0.29, 0.717) is 21.9 Å². The molecule has 0 saturated heterocycles. The first-order valence-electron chi connectivity index (χ1n) is 12.2. The lowest BCUT2D eigenvalue weighted by molar-refractivity contribution is 0.340. The molecule has 0 amide bonds. The van der Waals surface area contributed by atoms with E-state index in [0.717, 1.165) is 33.8 Å². The Morgan fingerprint density at radius 1 is 0.895 bits per heavy atom. The van der Waals surface area contributed by atoms with Crippen molar-refractivity contribution in [2.24, 2.45) is 0 Å². The van der Waals surface area contributed by atoms with Gasteiger partial charge in [0.25, 0.3) is 5.56 Å². The minimum atomic E-state index is -0.204. The summed E-state index contributed by atoms with van der Waals surface area (Å²) in [5, 5.41) is 9.26. The maximum absolute atomic E-state index is 13.2. The van der Waals surface area contributed by atoms with Crippen LogP contribution in [-0.2, 0) is 0 Å². The highest BCUT2D eigenvalue weighted by Gasteiger charge is 2.13. The molecule has 0 fully saturated rings. The minimum absolute atomic E-state index is 0.204. The Kier molecular flexibility index (Phi) is 6.37. The van der Waals surface area contributed by atoms with E-state index in [9.17, 15) is 4.79 Å². The fraction of sp³-hybridized carbons (Fsp3) is 0.0667. The van der Waals surface area contributed by atoms with Crippen molar-refractivity contribution >= 4 is 34.5 Å². The van der Waals surface area contributed by atoms with Crippen LogP contribution in [0.15, 0.2) is 95.9 Å². The van der Waals surface area contributed by atoms with Crippen LogP contribution >= 0.6 is 11.3 Å². The molecule has 0 bridgehead atoms. The summed E-state index contributed by atoms with van der Waals surface area (Å²) in [6.45, 7) is 2.58. The molecule has 0 N–H and O–H groups in total. The van der Waals surface area contributed by atoms with Gasteiger partial charge in [0.05, 0.1) is 22.5 Å². The van der Waals surface area contributed by atoms with E-state index >= 15 is 0 Å². The van der Waals surface area contributed by atoms with Crippen molar-refractivity contribution < 1.29 is 4.74 Å². The second-order valence-corrected chi connectivity index (χ2v) is 9.50. The summed E-state index contributed by atoms with van der Waals surface area (Å²) in [4.78, 5) is 18.3. The van der Waals surface area contributed by atoms with Crippen LogP contribution in [0.3, 0.4) is 0 Å². The van der Waals surface area contributed by atoms with E-state index in [1.807, 2.05) is 115 Å². The molecule has 0 spiro atoms. The van der Waals surface area contributed by atoms with Crippen molar-refractivity contribution in [2.75, 3.05) is 6.61 Å². The van der Waals surface area contributed by atoms with Gasteiger partial charge < -0.3 is 4.74 Å². The molecular weight excluding hydrogens is 494 g/mol. The molecule has 3 aromatic heterocycles. The second kappa shape index (κ2) is 10.3. The monoisotopic (exact) mass is 517 g/mol. The summed E-state index contributed by atoms with van der Waals surface area (Å²) < 4.78 is 9.22. The van der Waals surface area contributed by atoms with Crippen LogP contribution in [0.2, 0.25) is 0 Å². The molecule has 6 aromatic rings. The van der Waals surface area contributed by atoms with Gasteiger partial charge in [0.15, 0.2) is 5.82 Å². The Hall–Kier alpha value is -4.82. The van der Waals surface area contributed by atoms with Crippen LogP contribution in [0.25, 0.3) is 40.1 Å². The largest absolute Gasteiger partial charge is 0.494 e. The predicted molar refractivity (Wildman–Crippen MR) is 151 cm³/mol. The van der Waals surface area contributed by atoms with Crippen LogP contribution in [0, 0.1) is 0 Å². The summed E-state index contributed by atoms with van der Waals surface area (Å²) in [5.41, 5.74) is 4.35. The van der Waals surface area contributed by atoms with Gasteiger partial charge in [-0.3, -0.25) is 4.79 Å². The van der Waals surface area contributed by atoms with Crippen LogP contribution < -0.4 is 14.8 Å². The molecular formula is C30H23N5O2S. The Labute approximate surface area is 222 Å². The standard InChI is InChI=1S/C30H23N5O2S/c1-2-37-25-16-13-21(14-17-25)15-18-27-31-30-35(32-27)29(36)26(38-30)19-23-20-34(24-11-7-4-8-12-24)33-28(23)22-9-5-3-6-10-22/h3-20H,2H2,1H3/b18-15+,26-19-. The van der Waals surface area contributed by atoms with Crippen molar-refractivity contribution in [3.63, 3.8) is 0 Å². The smallest absolute Gasteiger partial charge is 0.291 e. The van der Waals surface area contributed by atoms with Gasteiger partial charge in [0.1, 0.15) is 5.75 Å².